The Morgan fingerprint density at radius 3 is 2.61 bits per heavy atom. The number of nitrogens with one attached hydrogen (secondary N) is 1. The summed E-state index contributed by atoms with van der Waals surface area (Å²) < 4.78 is 22.7. The van der Waals surface area contributed by atoms with E-state index in [9.17, 15) is 18.5 Å². The zero-order valence-electron chi connectivity index (χ0n) is 10.0. The first-order chi connectivity index (χ1) is 8.36. The SMILES string of the molecule is CSCCNc1ccc(S(C)(=O)=O)cc1[N+](=O)[O-]. The number of nitro benzene ring substituents is 1. The Morgan fingerprint density at radius 1 is 1.44 bits per heavy atom. The number of rotatable bonds is 6. The highest BCUT2D eigenvalue weighted by atomic mass is 32.2. The van der Waals surface area contributed by atoms with Crippen molar-refractivity contribution in [1.29, 1.82) is 0 Å². The van der Waals surface area contributed by atoms with E-state index >= 15 is 0 Å². The van der Waals surface area contributed by atoms with Crippen molar-refractivity contribution >= 4 is 33.0 Å². The first kappa shape index (κ1) is 14.8. The highest BCUT2D eigenvalue weighted by Gasteiger charge is 2.18. The number of hydrogen-bond acceptors (Lipinski definition) is 6. The van der Waals surface area contributed by atoms with Gasteiger partial charge < -0.3 is 5.32 Å². The van der Waals surface area contributed by atoms with E-state index in [1.165, 1.54) is 12.1 Å². The standard InChI is InChI=1S/C10H14N2O4S2/c1-17-6-5-11-9-4-3-8(18(2,15)16)7-10(9)12(13)14/h3-4,7,11H,5-6H2,1-2H3. The number of anilines is 1. The molecule has 0 spiro atoms. The lowest BCUT2D eigenvalue weighted by atomic mass is 10.2. The highest BCUT2D eigenvalue weighted by Crippen LogP contribution is 2.27. The average Bonchev–Trinajstić information content (AvgIpc) is 2.28. The van der Waals surface area contributed by atoms with Crippen LogP contribution in [0.5, 0.6) is 0 Å². The molecule has 1 N–H and O–H groups in total. The van der Waals surface area contributed by atoms with Gasteiger partial charge in [0, 0.05) is 24.6 Å². The van der Waals surface area contributed by atoms with Gasteiger partial charge in [-0.3, -0.25) is 10.1 Å². The maximum atomic E-state index is 11.3. The molecule has 1 rings (SSSR count). The van der Waals surface area contributed by atoms with Crippen molar-refractivity contribution < 1.29 is 13.3 Å². The van der Waals surface area contributed by atoms with E-state index in [0.29, 0.717) is 12.2 Å². The van der Waals surface area contributed by atoms with E-state index in [4.69, 9.17) is 0 Å². The van der Waals surface area contributed by atoms with Crippen LogP contribution in [-0.4, -0.2) is 38.2 Å². The first-order valence-electron chi connectivity index (χ1n) is 5.07. The largest absolute Gasteiger partial charge is 0.379 e. The molecule has 1 aromatic rings. The number of nitrogens with zero attached hydrogens (tertiary/aromatic N) is 1. The molecule has 6 nitrogen and oxygen atoms in total. The summed E-state index contributed by atoms with van der Waals surface area (Å²) in [5.74, 6) is 0.810. The zero-order chi connectivity index (χ0) is 13.8. The molecular formula is C10H14N2O4S2. The van der Waals surface area contributed by atoms with Crippen molar-refractivity contribution in [3.63, 3.8) is 0 Å². The van der Waals surface area contributed by atoms with Gasteiger partial charge in [0.25, 0.3) is 5.69 Å². The molecule has 1 aromatic carbocycles. The van der Waals surface area contributed by atoms with Crippen LogP contribution in [0.3, 0.4) is 0 Å². The third kappa shape index (κ3) is 3.88. The van der Waals surface area contributed by atoms with Gasteiger partial charge in [0.15, 0.2) is 9.84 Å². The molecule has 0 atom stereocenters. The molecule has 0 amide bonds. The summed E-state index contributed by atoms with van der Waals surface area (Å²) in [6.07, 6.45) is 2.95. The monoisotopic (exact) mass is 290 g/mol. The molecule has 0 fully saturated rings. The number of hydrogen-bond donors (Lipinski definition) is 1. The molecule has 0 aromatic heterocycles. The van der Waals surface area contributed by atoms with Gasteiger partial charge >= 0.3 is 0 Å². The van der Waals surface area contributed by atoms with Crippen molar-refractivity contribution in [1.82, 2.24) is 0 Å². The molecule has 18 heavy (non-hydrogen) atoms. The van der Waals surface area contributed by atoms with Gasteiger partial charge in [0.2, 0.25) is 0 Å². The Morgan fingerprint density at radius 2 is 2.11 bits per heavy atom. The zero-order valence-corrected chi connectivity index (χ0v) is 11.7. The second-order valence-corrected chi connectivity index (χ2v) is 6.63. The molecule has 0 bridgehead atoms. The number of sulfone groups is 1. The van der Waals surface area contributed by atoms with Crippen LogP contribution in [0, 0.1) is 10.1 Å². The molecule has 8 heteroatoms. The number of nitro groups is 1. The van der Waals surface area contributed by atoms with Gasteiger partial charge in [-0.25, -0.2) is 8.42 Å². The van der Waals surface area contributed by atoms with E-state index in [1.54, 1.807) is 11.8 Å². The summed E-state index contributed by atoms with van der Waals surface area (Å²) in [6, 6.07) is 3.87. The van der Waals surface area contributed by atoms with E-state index in [1.807, 2.05) is 6.26 Å². The second kappa shape index (κ2) is 6.05. The minimum Gasteiger partial charge on any atom is -0.379 e. The summed E-state index contributed by atoms with van der Waals surface area (Å²) >= 11 is 1.61. The molecule has 0 saturated heterocycles. The van der Waals surface area contributed by atoms with Crippen LogP contribution in [0.2, 0.25) is 0 Å². The van der Waals surface area contributed by atoms with Gasteiger partial charge in [-0.2, -0.15) is 11.8 Å². The predicted molar refractivity (Wildman–Crippen MR) is 73.1 cm³/mol. The normalized spacial score (nSPS) is 11.2. The molecule has 100 valence electrons. The van der Waals surface area contributed by atoms with Crippen LogP contribution in [0.1, 0.15) is 0 Å². The first-order valence-corrected chi connectivity index (χ1v) is 8.36. The molecule has 0 aliphatic rings. The van der Waals surface area contributed by atoms with E-state index in [2.05, 4.69) is 5.32 Å². The van der Waals surface area contributed by atoms with E-state index < -0.39 is 14.8 Å². The molecule has 0 aliphatic carbocycles. The van der Waals surface area contributed by atoms with Gasteiger partial charge in [-0.15, -0.1) is 0 Å². The fourth-order valence-electron chi connectivity index (χ4n) is 1.33. The topological polar surface area (TPSA) is 89.3 Å². The van der Waals surface area contributed by atoms with Crippen molar-refractivity contribution in [3.8, 4) is 0 Å². The Kier molecular flexibility index (Phi) is 4.97. The van der Waals surface area contributed by atoms with Crippen LogP contribution >= 0.6 is 11.8 Å². The fourth-order valence-corrected chi connectivity index (χ4v) is 2.28. The van der Waals surface area contributed by atoms with Gasteiger partial charge in [0.1, 0.15) is 5.69 Å². The van der Waals surface area contributed by atoms with Gasteiger partial charge in [-0.1, -0.05) is 0 Å². The van der Waals surface area contributed by atoms with E-state index in [0.717, 1.165) is 18.1 Å². The lowest BCUT2D eigenvalue weighted by Crippen LogP contribution is -2.07. The number of benzene rings is 1. The Hall–Kier alpha value is -1.28. The molecule has 0 heterocycles. The van der Waals surface area contributed by atoms with Crippen molar-refractivity contribution in [2.24, 2.45) is 0 Å². The maximum absolute atomic E-state index is 11.3. The van der Waals surface area contributed by atoms with Crippen LogP contribution < -0.4 is 5.32 Å². The smallest absolute Gasteiger partial charge is 0.293 e. The Bertz CT molecular complexity index is 543. The third-order valence-electron chi connectivity index (χ3n) is 2.22. The summed E-state index contributed by atoms with van der Waals surface area (Å²) in [5, 5.41) is 13.8. The fraction of sp³-hybridized carbons (Fsp3) is 0.400. The van der Waals surface area contributed by atoms with Crippen molar-refractivity contribution in [2.45, 2.75) is 4.90 Å². The maximum Gasteiger partial charge on any atom is 0.293 e. The van der Waals surface area contributed by atoms with Gasteiger partial charge in [0.05, 0.1) is 9.82 Å². The second-order valence-electron chi connectivity index (χ2n) is 3.63. The summed E-state index contributed by atoms with van der Waals surface area (Å²) in [4.78, 5) is 10.3. The molecule has 0 aliphatic heterocycles. The highest BCUT2D eigenvalue weighted by molar-refractivity contribution is 7.98. The summed E-state index contributed by atoms with van der Waals surface area (Å²) in [5.41, 5.74) is 0.112. The van der Waals surface area contributed by atoms with Crippen LogP contribution in [-0.2, 0) is 9.84 Å². The van der Waals surface area contributed by atoms with Crippen LogP contribution in [0.25, 0.3) is 0 Å². The van der Waals surface area contributed by atoms with Crippen LogP contribution in [0.15, 0.2) is 23.1 Å². The Labute approximate surface area is 110 Å². The molecular weight excluding hydrogens is 276 g/mol. The number of thioether (sulfide) groups is 1. The summed E-state index contributed by atoms with van der Waals surface area (Å²) in [7, 11) is -3.44. The summed E-state index contributed by atoms with van der Waals surface area (Å²) in [6.45, 7) is 0.584. The van der Waals surface area contributed by atoms with Crippen LogP contribution in [0.4, 0.5) is 11.4 Å². The third-order valence-corrected chi connectivity index (χ3v) is 3.94. The predicted octanol–water partition coefficient (Wildman–Crippen LogP) is 1.77. The van der Waals surface area contributed by atoms with Crippen molar-refractivity contribution in [2.75, 3.05) is 30.1 Å². The minimum absolute atomic E-state index is 0.0513. The quantitative estimate of drug-likeness (QED) is 0.488. The average molecular weight is 290 g/mol. The lowest BCUT2D eigenvalue weighted by molar-refractivity contribution is -0.384. The Balaban J connectivity index is 3.09. The minimum atomic E-state index is -3.44. The lowest BCUT2D eigenvalue weighted by Gasteiger charge is -2.07. The molecule has 0 unspecified atom stereocenters. The molecule has 0 saturated carbocycles. The molecule has 0 radical (unpaired) electrons. The van der Waals surface area contributed by atoms with Crippen molar-refractivity contribution in [3.05, 3.63) is 28.3 Å². The van der Waals surface area contributed by atoms with Gasteiger partial charge in [-0.05, 0) is 18.4 Å². The van der Waals surface area contributed by atoms with E-state index in [-0.39, 0.29) is 10.6 Å².